The Kier molecular flexibility index (Phi) is 5.81. The van der Waals surface area contributed by atoms with Gasteiger partial charge in [-0.3, -0.25) is 9.59 Å². The van der Waals surface area contributed by atoms with Crippen LogP contribution in [-0.4, -0.2) is 11.6 Å². The SMILES string of the molecule is Cc1ccc(/C=C/C(=O)CC(=O)/C=C/c2ccc(C)cc2)cc1. The first-order valence-electron chi connectivity index (χ1n) is 7.58. The van der Waals surface area contributed by atoms with Crippen molar-refractivity contribution in [3.8, 4) is 0 Å². The molecule has 0 atom stereocenters. The van der Waals surface area contributed by atoms with Crippen molar-refractivity contribution in [3.05, 3.63) is 82.9 Å². The van der Waals surface area contributed by atoms with Crippen LogP contribution in [0.1, 0.15) is 28.7 Å². The van der Waals surface area contributed by atoms with Crippen LogP contribution in [0.25, 0.3) is 12.2 Å². The summed E-state index contributed by atoms with van der Waals surface area (Å²) in [5.74, 6) is -0.381. The van der Waals surface area contributed by atoms with Crippen LogP contribution in [0, 0.1) is 13.8 Å². The Bertz CT molecular complexity index is 667. The molecule has 0 unspecified atom stereocenters. The second-order valence-electron chi connectivity index (χ2n) is 5.60. The molecule has 0 saturated carbocycles. The number of hydrogen-bond acceptors (Lipinski definition) is 2. The van der Waals surface area contributed by atoms with Crippen molar-refractivity contribution < 1.29 is 9.59 Å². The number of hydrogen-bond donors (Lipinski definition) is 0. The highest BCUT2D eigenvalue weighted by Crippen LogP contribution is 2.07. The zero-order valence-electron chi connectivity index (χ0n) is 13.5. The van der Waals surface area contributed by atoms with Crippen LogP contribution < -0.4 is 0 Å². The summed E-state index contributed by atoms with van der Waals surface area (Å²) in [5, 5.41) is 0. The van der Waals surface area contributed by atoms with E-state index in [1.54, 1.807) is 12.2 Å². The van der Waals surface area contributed by atoms with Crippen molar-refractivity contribution in [2.24, 2.45) is 0 Å². The van der Waals surface area contributed by atoms with Crippen LogP contribution in [0.4, 0.5) is 0 Å². The maximum absolute atomic E-state index is 11.8. The molecular weight excluding hydrogens is 284 g/mol. The van der Waals surface area contributed by atoms with E-state index in [4.69, 9.17) is 0 Å². The molecule has 2 rings (SSSR count). The molecule has 2 aromatic carbocycles. The highest BCUT2D eigenvalue weighted by Gasteiger charge is 2.03. The molecule has 23 heavy (non-hydrogen) atoms. The monoisotopic (exact) mass is 304 g/mol. The molecule has 0 heterocycles. The van der Waals surface area contributed by atoms with Crippen LogP contribution in [0.3, 0.4) is 0 Å². The maximum Gasteiger partial charge on any atom is 0.163 e. The van der Waals surface area contributed by atoms with Gasteiger partial charge in [-0.2, -0.15) is 0 Å². The van der Waals surface area contributed by atoms with E-state index in [1.165, 1.54) is 23.3 Å². The minimum absolute atomic E-state index is 0.106. The van der Waals surface area contributed by atoms with Gasteiger partial charge in [0.2, 0.25) is 0 Å². The van der Waals surface area contributed by atoms with E-state index < -0.39 is 0 Å². The van der Waals surface area contributed by atoms with Gasteiger partial charge in [-0.25, -0.2) is 0 Å². The first-order chi connectivity index (χ1) is 11.0. The fourth-order valence-electron chi connectivity index (χ4n) is 2.02. The third-order valence-corrected chi connectivity index (χ3v) is 3.43. The topological polar surface area (TPSA) is 34.1 Å². The molecule has 0 N–H and O–H groups in total. The molecule has 0 radical (unpaired) electrons. The summed E-state index contributed by atoms with van der Waals surface area (Å²) in [6, 6.07) is 15.7. The van der Waals surface area contributed by atoms with Gasteiger partial charge in [0, 0.05) is 0 Å². The second kappa shape index (κ2) is 8.04. The lowest BCUT2D eigenvalue weighted by atomic mass is 10.1. The Morgan fingerprint density at radius 1 is 0.696 bits per heavy atom. The first-order valence-corrected chi connectivity index (χ1v) is 7.58. The lowest BCUT2D eigenvalue weighted by molar-refractivity contribution is -0.121. The second-order valence-corrected chi connectivity index (χ2v) is 5.60. The van der Waals surface area contributed by atoms with Crippen molar-refractivity contribution in [1.29, 1.82) is 0 Å². The summed E-state index contributed by atoms with van der Waals surface area (Å²) in [7, 11) is 0. The molecule has 0 amide bonds. The lowest BCUT2D eigenvalue weighted by Gasteiger charge is -1.96. The number of benzene rings is 2. The van der Waals surface area contributed by atoms with Gasteiger partial charge in [-0.05, 0) is 37.1 Å². The van der Waals surface area contributed by atoms with Crippen molar-refractivity contribution in [2.45, 2.75) is 20.3 Å². The Labute approximate surface area is 137 Å². The lowest BCUT2D eigenvalue weighted by Crippen LogP contribution is -2.01. The predicted octanol–water partition coefficient (Wildman–Crippen LogP) is 4.56. The Morgan fingerprint density at radius 2 is 1.04 bits per heavy atom. The standard InChI is InChI=1S/C21H20O2/c1-16-3-7-18(8-4-16)11-13-20(22)15-21(23)14-12-19-9-5-17(2)6-10-19/h3-14H,15H2,1-2H3/b13-11+,14-12+. The molecule has 0 aliphatic heterocycles. The highest BCUT2D eigenvalue weighted by molar-refractivity contribution is 6.10. The average Bonchev–Trinajstić information content (AvgIpc) is 2.54. The molecule has 0 saturated heterocycles. The molecule has 2 heteroatoms. The molecule has 0 fully saturated rings. The number of aryl methyl sites for hydroxylation is 2. The van der Waals surface area contributed by atoms with Gasteiger partial charge >= 0.3 is 0 Å². The molecule has 0 aliphatic carbocycles. The minimum Gasteiger partial charge on any atom is -0.294 e. The van der Waals surface area contributed by atoms with Gasteiger partial charge in [-0.1, -0.05) is 71.8 Å². The Morgan fingerprint density at radius 3 is 1.39 bits per heavy atom. The Balaban J connectivity index is 1.88. The van der Waals surface area contributed by atoms with Gasteiger partial charge in [0.1, 0.15) is 0 Å². The molecule has 2 aromatic rings. The predicted molar refractivity (Wildman–Crippen MR) is 95.1 cm³/mol. The van der Waals surface area contributed by atoms with Crippen molar-refractivity contribution in [2.75, 3.05) is 0 Å². The Hall–Kier alpha value is -2.74. The van der Waals surface area contributed by atoms with Gasteiger partial charge in [-0.15, -0.1) is 0 Å². The van der Waals surface area contributed by atoms with E-state index >= 15 is 0 Å². The molecule has 2 nitrogen and oxygen atoms in total. The van der Waals surface area contributed by atoms with E-state index in [0.717, 1.165) is 11.1 Å². The fourth-order valence-corrected chi connectivity index (χ4v) is 2.02. The van der Waals surface area contributed by atoms with Crippen LogP contribution in [0.2, 0.25) is 0 Å². The van der Waals surface area contributed by atoms with E-state index in [2.05, 4.69) is 0 Å². The summed E-state index contributed by atoms with van der Waals surface area (Å²) < 4.78 is 0. The smallest absolute Gasteiger partial charge is 0.163 e. The number of carbonyl (C=O) groups excluding carboxylic acids is 2. The summed E-state index contributed by atoms with van der Waals surface area (Å²) in [4.78, 5) is 23.6. The molecular formula is C21H20O2. The minimum atomic E-state index is -0.191. The number of ketones is 2. The zero-order chi connectivity index (χ0) is 16.7. The van der Waals surface area contributed by atoms with Gasteiger partial charge in [0.05, 0.1) is 6.42 Å². The normalized spacial score (nSPS) is 11.2. The highest BCUT2D eigenvalue weighted by atomic mass is 16.1. The van der Waals surface area contributed by atoms with Crippen LogP contribution in [0.5, 0.6) is 0 Å². The van der Waals surface area contributed by atoms with Crippen molar-refractivity contribution >= 4 is 23.7 Å². The zero-order valence-corrected chi connectivity index (χ0v) is 13.5. The maximum atomic E-state index is 11.8. The fraction of sp³-hybridized carbons (Fsp3) is 0.143. The number of carbonyl (C=O) groups is 2. The van der Waals surface area contributed by atoms with Crippen LogP contribution in [-0.2, 0) is 9.59 Å². The van der Waals surface area contributed by atoms with Gasteiger partial charge in [0.15, 0.2) is 11.6 Å². The van der Waals surface area contributed by atoms with Crippen molar-refractivity contribution in [1.82, 2.24) is 0 Å². The first kappa shape index (κ1) is 16.6. The van der Waals surface area contributed by atoms with E-state index in [0.29, 0.717) is 0 Å². The molecule has 0 aromatic heterocycles. The summed E-state index contributed by atoms with van der Waals surface area (Å²) in [6.07, 6.45) is 6.28. The largest absolute Gasteiger partial charge is 0.294 e. The summed E-state index contributed by atoms with van der Waals surface area (Å²) in [5.41, 5.74) is 4.24. The van der Waals surface area contributed by atoms with Crippen LogP contribution >= 0.6 is 0 Å². The van der Waals surface area contributed by atoms with Gasteiger partial charge < -0.3 is 0 Å². The summed E-state index contributed by atoms with van der Waals surface area (Å²) in [6.45, 7) is 4.02. The van der Waals surface area contributed by atoms with Crippen LogP contribution in [0.15, 0.2) is 60.7 Å². The third kappa shape index (κ3) is 5.87. The number of rotatable bonds is 6. The summed E-state index contributed by atoms with van der Waals surface area (Å²) >= 11 is 0. The third-order valence-electron chi connectivity index (χ3n) is 3.43. The molecule has 0 spiro atoms. The van der Waals surface area contributed by atoms with E-state index in [1.807, 2.05) is 62.4 Å². The van der Waals surface area contributed by atoms with Gasteiger partial charge in [0.25, 0.3) is 0 Å². The molecule has 116 valence electrons. The number of allylic oxidation sites excluding steroid dienone is 2. The quantitative estimate of drug-likeness (QED) is 0.579. The van der Waals surface area contributed by atoms with Crippen molar-refractivity contribution in [3.63, 3.8) is 0 Å². The average molecular weight is 304 g/mol. The molecule has 0 bridgehead atoms. The van der Waals surface area contributed by atoms with E-state index in [-0.39, 0.29) is 18.0 Å². The molecule has 0 aliphatic rings. The van der Waals surface area contributed by atoms with E-state index in [9.17, 15) is 9.59 Å².